The number of para-hydroxylation sites is 2. The van der Waals surface area contributed by atoms with Crippen molar-refractivity contribution in [1.82, 2.24) is 15.0 Å². The fraction of sp³-hybridized carbons (Fsp3) is 0. The van der Waals surface area contributed by atoms with Crippen LogP contribution in [0.15, 0.2) is 194 Å². The summed E-state index contributed by atoms with van der Waals surface area (Å²) in [5.41, 5.74) is 10.3. The summed E-state index contributed by atoms with van der Waals surface area (Å²) in [6, 6.07) is 66.9. The third-order valence-corrected chi connectivity index (χ3v) is 9.92. The standard InChI is InChI=1S/C49H32N4O/c1-5-15-33(16-6-1)34-27-29-38(30-28-34)53(37-21-11-4-12-22-37)43-31-32-44-45-39(23-13-25-41(43)45)40-24-14-26-42(46(40)54-44)49-51-47(35-17-7-2-8-18-35)50-48(52-49)36-19-9-3-10-20-36/h1-32H. The van der Waals surface area contributed by atoms with Gasteiger partial charge in [0.05, 0.1) is 11.3 Å². The van der Waals surface area contributed by atoms with Crippen LogP contribution in [0.5, 0.6) is 11.5 Å². The summed E-state index contributed by atoms with van der Waals surface area (Å²) in [5, 5.41) is 2.15. The van der Waals surface area contributed by atoms with Crippen molar-refractivity contribution in [3.63, 3.8) is 0 Å². The van der Waals surface area contributed by atoms with E-state index in [1.165, 1.54) is 11.1 Å². The van der Waals surface area contributed by atoms with Gasteiger partial charge in [0.15, 0.2) is 17.5 Å². The summed E-state index contributed by atoms with van der Waals surface area (Å²) in [4.78, 5) is 17.3. The van der Waals surface area contributed by atoms with E-state index in [1.54, 1.807) is 0 Å². The molecular formula is C49H32N4O. The fourth-order valence-electron chi connectivity index (χ4n) is 7.38. The molecular weight excluding hydrogens is 661 g/mol. The Morgan fingerprint density at radius 2 is 0.852 bits per heavy atom. The summed E-state index contributed by atoms with van der Waals surface area (Å²) in [6.07, 6.45) is 0. The molecule has 10 rings (SSSR count). The van der Waals surface area contributed by atoms with Crippen molar-refractivity contribution in [3.8, 4) is 67.9 Å². The summed E-state index contributed by atoms with van der Waals surface area (Å²) in [6.45, 7) is 0. The minimum absolute atomic E-state index is 0.556. The zero-order chi connectivity index (χ0) is 35.8. The van der Waals surface area contributed by atoms with Crippen LogP contribution in [-0.4, -0.2) is 15.0 Å². The van der Waals surface area contributed by atoms with Gasteiger partial charge in [-0.15, -0.1) is 0 Å². The molecule has 9 aromatic rings. The van der Waals surface area contributed by atoms with Gasteiger partial charge in [-0.1, -0.05) is 152 Å². The molecule has 0 atom stereocenters. The lowest BCUT2D eigenvalue weighted by molar-refractivity contribution is 0.488. The zero-order valence-electron chi connectivity index (χ0n) is 29.2. The Hall–Kier alpha value is -7.37. The molecule has 0 saturated heterocycles. The first-order valence-electron chi connectivity index (χ1n) is 18.0. The molecule has 0 spiro atoms. The molecule has 8 aromatic carbocycles. The highest BCUT2D eigenvalue weighted by Gasteiger charge is 2.27. The smallest absolute Gasteiger partial charge is 0.167 e. The monoisotopic (exact) mass is 692 g/mol. The summed E-state index contributed by atoms with van der Waals surface area (Å²) in [7, 11) is 0. The quantitative estimate of drug-likeness (QED) is 0.166. The summed E-state index contributed by atoms with van der Waals surface area (Å²) in [5.74, 6) is 3.29. The van der Waals surface area contributed by atoms with Crippen LogP contribution in [-0.2, 0) is 0 Å². The predicted molar refractivity (Wildman–Crippen MR) is 219 cm³/mol. The second kappa shape index (κ2) is 13.3. The second-order valence-corrected chi connectivity index (χ2v) is 13.2. The fourth-order valence-corrected chi connectivity index (χ4v) is 7.38. The first kappa shape index (κ1) is 31.4. The van der Waals surface area contributed by atoms with Gasteiger partial charge in [0, 0.05) is 38.8 Å². The van der Waals surface area contributed by atoms with Gasteiger partial charge in [-0.25, -0.2) is 15.0 Å². The minimum Gasteiger partial charge on any atom is -0.455 e. The largest absolute Gasteiger partial charge is 0.455 e. The molecule has 54 heavy (non-hydrogen) atoms. The van der Waals surface area contributed by atoms with Crippen molar-refractivity contribution < 1.29 is 4.74 Å². The normalized spacial score (nSPS) is 11.5. The number of benzene rings is 8. The molecule has 1 aliphatic rings. The Morgan fingerprint density at radius 1 is 0.352 bits per heavy atom. The number of hydrogen-bond acceptors (Lipinski definition) is 5. The summed E-state index contributed by atoms with van der Waals surface area (Å²) >= 11 is 0. The molecule has 5 nitrogen and oxygen atoms in total. The number of anilines is 3. The van der Waals surface area contributed by atoms with Gasteiger partial charge in [-0.05, 0) is 59.2 Å². The van der Waals surface area contributed by atoms with Crippen molar-refractivity contribution >= 4 is 27.8 Å². The van der Waals surface area contributed by atoms with E-state index in [0.29, 0.717) is 17.5 Å². The number of rotatable bonds is 7. The molecule has 5 heteroatoms. The van der Waals surface area contributed by atoms with Crippen molar-refractivity contribution in [3.05, 3.63) is 194 Å². The molecule has 254 valence electrons. The topological polar surface area (TPSA) is 51.1 Å². The Morgan fingerprint density at radius 3 is 1.50 bits per heavy atom. The predicted octanol–water partition coefficient (Wildman–Crippen LogP) is 12.9. The van der Waals surface area contributed by atoms with Gasteiger partial charge < -0.3 is 9.64 Å². The van der Waals surface area contributed by atoms with E-state index in [4.69, 9.17) is 19.7 Å². The maximum atomic E-state index is 6.92. The van der Waals surface area contributed by atoms with Gasteiger partial charge in [-0.3, -0.25) is 0 Å². The van der Waals surface area contributed by atoms with E-state index in [1.807, 2.05) is 72.8 Å². The first-order chi connectivity index (χ1) is 26.8. The summed E-state index contributed by atoms with van der Waals surface area (Å²) < 4.78 is 6.92. The Kier molecular flexibility index (Phi) is 7.73. The van der Waals surface area contributed by atoms with E-state index in [9.17, 15) is 0 Å². The Balaban J connectivity index is 1.12. The molecule has 2 heterocycles. The first-order valence-corrected chi connectivity index (χ1v) is 18.0. The average molecular weight is 693 g/mol. The number of aromatic nitrogens is 3. The zero-order valence-corrected chi connectivity index (χ0v) is 29.2. The molecule has 0 unspecified atom stereocenters. The number of hydrogen-bond donors (Lipinski definition) is 0. The van der Waals surface area contributed by atoms with E-state index >= 15 is 0 Å². The molecule has 0 radical (unpaired) electrons. The van der Waals surface area contributed by atoms with Crippen LogP contribution in [0.2, 0.25) is 0 Å². The van der Waals surface area contributed by atoms with Crippen molar-refractivity contribution in [2.24, 2.45) is 0 Å². The van der Waals surface area contributed by atoms with E-state index in [2.05, 4.69) is 126 Å². The number of ether oxygens (including phenoxy) is 1. The van der Waals surface area contributed by atoms with E-state index in [-0.39, 0.29) is 0 Å². The van der Waals surface area contributed by atoms with Crippen molar-refractivity contribution in [1.29, 1.82) is 0 Å². The SMILES string of the molecule is c1ccc(-c2ccc(N(c3ccccc3)c3ccc4c5c(cccc35)-c3cccc(-c5nc(-c6ccccc6)nc(-c6ccccc6)n5)c3O4)cc2)cc1. The minimum atomic E-state index is 0.556. The molecule has 1 aromatic heterocycles. The van der Waals surface area contributed by atoms with E-state index < -0.39 is 0 Å². The highest BCUT2D eigenvalue weighted by atomic mass is 16.5. The highest BCUT2D eigenvalue weighted by Crippen LogP contribution is 2.52. The molecule has 0 saturated carbocycles. The Bertz CT molecular complexity index is 2710. The van der Waals surface area contributed by atoms with Crippen LogP contribution in [0.3, 0.4) is 0 Å². The van der Waals surface area contributed by atoms with Crippen LogP contribution in [0.25, 0.3) is 67.2 Å². The molecule has 0 N–H and O–H groups in total. The third-order valence-electron chi connectivity index (χ3n) is 9.92. The van der Waals surface area contributed by atoms with Crippen LogP contribution in [0.1, 0.15) is 0 Å². The second-order valence-electron chi connectivity index (χ2n) is 13.2. The number of nitrogens with zero attached hydrogens (tertiary/aromatic N) is 4. The van der Waals surface area contributed by atoms with Crippen molar-refractivity contribution in [2.45, 2.75) is 0 Å². The third kappa shape index (κ3) is 5.56. The van der Waals surface area contributed by atoms with Gasteiger partial charge in [-0.2, -0.15) is 0 Å². The number of fused-ring (bicyclic) bond motifs is 2. The van der Waals surface area contributed by atoms with E-state index in [0.717, 1.165) is 67.2 Å². The van der Waals surface area contributed by atoms with Crippen LogP contribution < -0.4 is 9.64 Å². The van der Waals surface area contributed by atoms with Crippen LogP contribution in [0.4, 0.5) is 17.1 Å². The van der Waals surface area contributed by atoms with Crippen molar-refractivity contribution in [2.75, 3.05) is 4.90 Å². The lowest BCUT2D eigenvalue weighted by Gasteiger charge is -2.29. The molecule has 1 aliphatic heterocycles. The van der Waals surface area contributed by atoms with Gasteiger partial charge in [0.25, 0.3) is 0 Å². The molecule has 0 amide bonds. The maximum absolute atomic E-state index is 6.92. The van der Waals surface area contributed by atoms with Gasteiger partial charge in [0.1, 0.15) is 11.5 Å². The van der Waals surface area contributed by atoms with Crippen LogP contribution in [0, 0.1) is 0 Å². The average Bonchev–Trinajstić information content (AvgIpc) is 3.26. The molecule has 0 aliphatic carbocycles. The molecule has 0 fully saturated rings. The lowest BCUT2D eigenvalue weighted by atomic mass is 9.92. The van der Waals surface area contributed by atoms with Crippen LogP contribution >= 0.6 is 0 Å². The highest BCUT2D eigenvalue weighted by molar-refractivity contribution is 6.11. The van der Waals surface area contributed by atoms with Gasteiger partial charge in [0.2, 0.25) is 0 Å². The Labute approximate surface area is 313 Å². The maximum Gasteiger partial charge on any atom is 0.167 e. The van der Waals surface area contributed by atoms with Gasteiger partial charge >= 0.3 is 0 Å². The molecule has 0 bridgehead atoms. The lowest BCUT2D eigenvalue weighted by Crippen LogP contribution is -2.11.